The summed E-state index contributed by atoms with van der Waals surface area (Å²) >= 11 is 5.02. The summed E-state index contributed by atoms with van der Waals surface area (Å²) in [6, 6.07) is 14.2. The third-order valence-electron chi connectivity index (χ3n) is 2.25. The lowest BCUT2D eigenvalue weighted by Gasteiger charge is -2.06. The van der Waals surface area contributed by atoms with Gasteiger partial charge in [-0.3, -0.25) is 0 Å². The van der Waals surface area contributed by atoms with Gasteiger partial charge in [-0.15, -0.1) is 11.8 Å². The van der Waals surface area contributed by atoms with Crippen LogP contribution in [0.25, 0.3) is 0 Å². The second-order valence-electron chi connectivity index (χ2n) is 3.60. The van der Waals surface area contributed by atoms with E-state index in [4.69, 9.17) is 4.74 Å². The second kappa shape index (κ2) is 6.81. The molecular weight excluding hydrogens is 315 g/mol. The van der Waals surface area contributed by atoms with Crippen molar-refractivity contribution in [3.05, 3.63) is 58.8 Å². The van der Waals surface area contributed by atoms with Gasteiger partial charge in [0.1, 0.15) is 11.6 Å². The Labute approximate surface area is 118 Å². The van der Waals surface area contributed by atoms with Gasteiger partial charge in [-0.2, -0.15) is 0 Å². The molecule has 18 heavy (non-hydrogen) atoms. The van der Waals surface area contributed by atoms with Crippen LogP contribution in [-0.4, -0.2) is 12.4 Å². The molecule has 2 aromatic rings. The molecule has 4 heteroatoms. The van der Waals surface area contributed by atoms with Crippen LogP contribution in [0.3, 0.4) is 0 Å². The molecule has 0 heterocycles. The first-order valence-electron chi connectivity index (χ1n) is 5.51. The molecule has 0 aromatic heterocycles. The molecular formula is C14H12BrFOS. The van der Waals surface area contributed by atoms with Crippen molar-refractivity contribution in [1.82, 2.24) is 0 Å². The topological polar surface area (TPSA) is 9.23 Å². The summed E-state index contributed by atoms with van der Waals surface area (Å²) in [7, 11) is 0. The summed E-state index contributed by atoms with van der Waals surface area (Å²) in [6.07, 6.45) is 0. The minimum Gasteiger partial charge on any atom is -0.493 e. The molecule has 1 nitrogen and oxygen atoms in total. The first kappa shape index (κ1) is 13.4. The highest BCUT2D eigenvalue weighted by atomic mass is 79.9. The molecule has 0 bridgehead atoms. The highest BCUT2D eigenvalue weighted by molar-refractivity contribution is 9.10. The summed E-state index contributed by atoms with van der Waals surface area (Å²) in [5.74, 6) is 1.49. The molecule has 2 aromatic carbocycles. The van der Waals surface area contributed by atoms with Crippen molar-refractivity contribution >= 4 is 27.7 Å². The molecule has 0 N–H and O–H groups in total. The molecule has 0 saturated heterocycles. The molecule has 0 unspecified atom stereocenters. The van der Waals surface area contributed by atoms with Gasteiger partial charge in [0.25, 0.3) is 0 Å². The fraction of sp³-hybridized carbons (Fsp3) is 0.143. The van der Waals surface area contributed by atoms with Crippen LogP contribution in [0.1, 0.15) is 0 Å². The summed E-state index contributed by atoms with van der Waals surface area (Å²) in [4.78, 5) is 1.05. The Morgan fingerprint density at radius 2 is 1.67 bits per heavy atom. The van der Waals surface area contributed by atoms with Gasteiger partial charge in [0, 0.05) is 15.1 Å². The Balaban J connectivity index is 1.73. The Morgan fingerprint density at radius 3 is 2.33 bits per heavy atom. The minimum absolute atomic E-state index is 0.203. The number of halogens is 2. The SMILES string of the molecule is Fc1ccc(SCCOc2ccc(Br)cc2)cc1. The largest absolute Gasteiger partial charge is 0.493 e. The smallest absolute Gasteiger partial charge is 0.123 e. The van der Waals surface area contributed by atoms with E-state index in [9.17, 15) is 4.39 Å². The maximum atomic E-state index is 12.7. The summed E-state index contributed by atoms with van der Waals surface area (Å²) < 4.78 is 19.3. The average molecular weight is 327 g/mol. The summed E-state index contributed by atoms with van der Waals surface area (Å²) in [5, 5.41) is 0. The Morgan fingerprint density at radius 1 is 1.00 bits per heavy atom. The molecule has 0 spiro atoms. The molecule has 0 saturated carbocycles. The zero-order valence-corrected chi connectivity index (χ0v) is 12.0. The Hall–Kier alpha value is -1.00. The van der Waals surface area contributed by atoms with Crippen molar-refractivity contribution in [2.45, 2.75) is 4.90 Å². The predicted octanol–water partition coefficient (Wildman–Crippen LogP) is 4.76. The van der Waals surface area contributed by atoms with Crippen LogP contribution < -0.4 is 4.74 Å². The van der Waals surface area contributed by atoms with E-state index in [1.165, 1.54) is 12.1 Å². The van der Waals surface area contributed by atoms with Gasteiger partial charge >= 0.3 is 0 Å². The monoisotopic (exact) mass is 326 g/mol. The van der Waals surface area contributed by atoms with Crippen LogP contribution in [0.4, 0.5) is 4.39 Å². The van der Waals surface area contributed by atoms with E-state index in [-0.39, 0.29) is 5.82 Å². The van der Waals surface area contributed by atoms with E-state index < -0.39 is 0 Å². The number of hydrogen-bond acceptors (Lipinski definition) is 2. The number of hydrogen-bond donors (Lipinski definition) is 0. The third kappa shape index (κ3) is 4.35. The highest BCUT2D eigenvalue weighted by Crippen LogP contribution is 2.19. The fourth-order valence-corrected chi connectivity index (χ4v) is 2.38. The second-order valence-corrected chi connectivity index (χ2v) is 5.69. The van der Waals surface area contributed by atoms with Gasteiger partial charge in [-0.05, 0) is 48.5 Å². The van der Waals surface area contributed by atoms with Gasteiger partial charge in [0.05, 0.1) is 6.61 Å². The van der Waals surface area contributed by atoms with Gasteiger partial charge in [-0.1, -0.05) is 15.9 Å². The van der Waals surface area contributed by atoms with Crippen LogP contribution in [0, 0.1) is 5.82 Å². The number of ether oxygens (including phenoxy) is 1. The quantitative estimate of drug-likeness (QED) is 0.578. The van der Waals surface area contributed by atoms with Crippen molar-refractivity contribution in [2.24, 2.45) is 0 Å². The first-order chi connectivity index (χ1) is 8.74. The van der Waals surface area contributed by atoms with Crippen LogP contribution >= 0.6 is 27.7 Å². The molecule has 0 atom stereocenters. The minimum atomic E-state index is -0.203. The zero-order chi connectivity index (χ0) is 12.8. The van der Waals surface area contributed by atoms with Gasteiger partial charge in [-0.25, -0.2) is 4.39 Å². The lowest BCUT2D eigenvalue weighted by atomic mass is 10.3. The molecule has 0 aliphatic carbocycles. The molecule has 0 aliphatic rings. The predicted molar refractivity (Wildman–Crippen MR) is 76.8 cm³/mol. The van der Waals surface area contributed by atoms with Crippen molar-refractivity contribution in [3.63, 3.8) is 0 Å². The molecule has 0 amide bonds. The molecule has 94 valence electrons. The highest BCUT2D eigenvalue weighted by Gasteiger charge is 1.97. The van der Waals surface area contributed by atoms with Gasteiger partial charge < -0.3 is 4.74 Å². The first-order valence-corrected chi connectivity index (χ1v) is 7.28. The van der Waals surface area contributed by atoms with Crippen molar-refractivity contribution in [3.8, 4) is 5.75 Å². The maximum Gasteiger partial charge on any atom is 0.123 e. The van der Waals surface area contributed by atoms with E-state index in [1.54, 1.807) is 23.9 Å². The molecule has 2 rings (SSSR count). The Kier molecular flexibility index (Phi) is 5.08. The van der Waals surface area contributed by atoms with E-state index in [0.29, 0.717) is 6.61 Å². The molecule has 0 radical (unpaired) electrons. The van der Waals surface area contributed by atoms with Crippen LogP contribution in [0.2, 0.25) is 0 Å². The summed E-state index contributed by atoms with van der Waals surface area (Å²) in [6.45, 7) is 0.629. The fourth-order valence-electron chi connectivity index (χ4n) is 1.38. The number of benzene rings is 2. The lowest BCUT2D eigenvalue weighted by Crippen LogP contribution is -1.99. The zero-order valence-electron chi connectivity index (χ0n) is 9.61. The number of thioether (sulfide) groups is 1. The lowest BCUT2D eigenvalue weighted by molar-refractivity contribution is 0.344. The van der Waals surface area contributed by atoms with Crippen molar-refractivity contribution < 1.29 is 9.13 Å². The van der Waals surface area contributed by atoms with Crippen molar-refractivity contribution in [2.75, 3.05) is 12.4 Å². The standard InChI is InChI=1S/C14H12BrFOS/c15-11-1-5-13(6-2-11)17-9-10-18-14-7-3-12(16)4-8-14/h1-8H,9-10H2. The molecule has 0 aliphatic heterocycles. The van der Waals surface area contributed by atoms with Crippen LogP contribution in [-0.2, 0) is 0 Å². The van der Waals surface area contributed by atoms with E-state index in [1.807, 2.05) is 24.3 Å². The normalized spacial score (nSPS) is 10.3. The van der Waals surface area contributed by atoms with E-state index in [2.05, 4.69) is 15.9 Å². The molecule has 0 fully saturated rings. The Bertz CT molecular complexity index is 437. The maximum absolute atomic E-state index is 12.7. The van der Waals surface area contributed by atoms with E-state index in [0.717, 1.165) is 20.9 Å². The summed E-state index contributed by atoms with van der Waals surface area (Å²) in [5.41, 5.74) is 0. The van der Waals surface area contributed by atoms with Crippen LogP contribution in [0.15, 0.2) is 57.9 Å². The van der Waals surface area contributed by atoms with E-state index >= 15 is 0 Å². The third-order valence-corrected chi connectivity index (χ3v) is 3.75. The van der Waals surface area contributed by atoms with Crippen LogP contribution in [0.5, 0.6) is 5.75 Å². The number of rotatable bonds is 5. The van der Waals surface area contributed by atoms with Gasteiger partial charge in [0.2, 0.25) is 0 Å². The average Bonchev–Trinajstić information content (AvgIpc) is 2.39. The van der Waals surface area contributed by atoms with Gasteiger partial charge in [0.15, 0.2) is 0 Å². The van der Waals surface area contributed by atoms with Crippen molar-refractivity contribution in [1.29, 1.82) is 0 Å².